The van der Waals surface area contributed by atoms with Gasteiger partial charge in [0, 0.05) is 37.5 Å². The van der Waals surface area contributed by atoms with Crippen LogP contribution in [0.3, 0.4) is 0 Å². The number of nitrogens with two attached hydrogens (primary N) is 3. The molecule has 5 atom stereocenters. The lowest BCUT2D eigenvalue weighted by atomic mass is 10.0. The van der Waals surface area contributed by atoms with Crippen molar-refractivity contribution in [3.63, 3.8) is 0 Å². The molecule has 0 unspecified atom stereocenters. The van der Waals surface area contributed by atoms with Crippen molar-refractivity contribution in [2.24, 2.45) is 22.2 Å². The molecule has 1 aliphatic rings. The number of aliphatic hydroxyl groups excluding tert-OH is 1. The van der Waals surface area contributed by atoms with E-state index < -0.39 is 58.9 Å². The van der Waals surface area contributed by atoms with Gasteiger partial charge in [-0.1, -0.05) is 30.7 Å². The lowest BCUT2D eigenvalue weighted by Gasteiger charge is -2.30. The topological polar surface area (TPSA) is 324 Å². The zero-order valence-electron chi connectivity index (χ0n) is 34.7. The number of carboxylic acid groups (broad SMARTS) is 1. The SMILES string of the molecule is Cc1ccc([N+](=O)[O-])c2c(NCCCCCC(=O)N[C@@H](CCCN=C(N)N)C(=O)N3CCC[C@H]3C(=O)N[C@@H](CCCCN)C(=O)N[C@H](C(=O)O)[C@@H](C)O)c3ccccc3nc12. The zero-order valence-corrected chi connectivity index (χ0v) is 34.7. The van der Waals surface area contributed by atoms with Crippen LogP contribution in [-0.2, 0) is 24.0 Å². The number of hydrogen-bond acceptors (Lipinski definition) is 12. The first-order chi connectivity index (χ1) is 29.1. The summed E-state index contributed by atoms with van der Waals surface area (Å²) in [6, 6.07) is 5.88. The number of benzene rings is 2. The first-order valence-electron chi connectivity index (χ1n) is 20.7. The molecular formula is C41H59N11O9. The number of hydrogen-bond donors (Lipinski definition) is 9. The molecule has 1 aliphatic heterocycles. The number of aryl methyl sites for hydroxylation is 1. The molecular weight excluding hydrogens is 791 g/mol. The van der Waals surface area contributed by atoms with Gasteiger partial charge in [-0.25, -0.2) is 9.78 Å². The van der Waals surface area contributed by atoms with Crippen molar-refractivity contribution in [1.29, 1.82) is 0 Å². The molecule has 2 heterocycles. The summed E-state index contributed by atoms with van der Waals surface area (Å²) in [5.41, 5.74) is 19.2. The molecule has 4 rings (SSSR count). The fourth-order valence-corrected chi connectivity index (χ4v) is 7.45. The van der Waals surface area contributed by atoms with Gasteiger partial charge in [0.25, 0.3) is 5.69 Å². The molecule has 0 bridgehead atoms. The highest BCUT2D eigenvalue weighted by molar-refractivity contribution is 6.12. The Morgan fingerprint density at radius 1 is 0.984 bits per heavy atom. The number of aliphatic hydroxyl groups is 1. The molecule has 1 aromatic heterocycles. The second-order valence-corrected chi connectivity index (χ2v) is 15.3. The fourth-order valence-electron chi connectivity index (χ4n) is 7.45. The van der Waals surface area contributed by atoms with E-state index in [1.165, 1.54) is 17.9 Å². The van der Waals surface area contributed by atoms with E-state index in [4.69, 9.17) is 22.2 Å². The molecule has 0 radical (unpaired) electrons. The maximum absolute atomic E-state index is 14.1. The quantitative estimate of drug-likeness (QED) is 0.0155. The van der Waals surface area contributed by atoms with Crippen molar-refractivity contribution in [2.45, 2.75) is 115 Å². The number of rotatable bonds is 24. The summed E-state index contributed by atoms with van der Waals surface area (Å²) in [5.74, 6) is -3.82. The van der Waals surface area contributed by atoms with Crippen molar-refractivity contribution >= 4 is 68.7 Å². The molecule has 0 spiro atoms. The third kappa shape index (κ3) is 13.2. The van der Waals surface area contributed by atoms with Crippen LogP contribution in [0.2, 0.25) is 0 Å². The number of amides is 4. The maximum Gasteiger partial charge on any atom is 0.328 e. The average molecular weight is 850 g/mol. The number of nitro groups is 1. The Kier molecular flexibility index (Phi) is 17.9. The molecule has 61 heavy (non-hydrogen) atoms. The number of non-ortho nitro benzene ring substituents is 1. The number of para-hydroxylation sites is 1. The Hall–Kier alpha value is -6.15. The van der Waals surface area contributed by atoms with Crippen LogP contribution in [0.5, 0.6) is 0 Å². The van der Waals surface area contributed by atoms with Crippen LogP contribution >= 0.6 is 0 Å². The van der Waals surface area contributed by atoms with E-state index in [9.17, 15) is 44.3 Å². The van der Waals surface area contributed by atoms with Crippen molar-refractivity contribution < 1.29 is 39.1 Å². The number of carbonyl (C=O) groups excluding carboxylic acids is 4. The highest BCUT2D eigenvalue weighted by Crippen LogP contribution is 2.38. The molecule has 1 fully saturated rings. The predicted octanol–water partition coefficient (Wildman–Crippen LogP) is 1.67. The summed E-state index contributed by atoms with van der Waals surface area (Å²) in [6.07, 6.45) is 2.88. The monoisotopic (exact) mass is 849 g/mol. The van der Waals surface area contributed by atoms with Gasteiger partial charge in [0.05, 0.1) is 27.7 Å². The maximum atomic E-state index is 14.1. The Labute approximate surface area is 353 Å². The van der Waals surface area contributed by atoms with Crippen LogP contribution in [0.4, 0.5) is 11.4 Å². The molecule has 0 aliphatic carbocycles. The van der Waals surface area contributed by atoms with Gasteiger partial charge >= 0.3 is 5.97 Å². The Bertz CT molecular complexity index is 2080. The fraction of sp³-hybridized carbons (Fsp3) is 0.537. The number of pyridine rings is 1. The normalized spacial score (nSPS) is 15.7. The van der Waals surface area contributed by atoms with Gasteiger partial charge < -0.3 is 53.6 Å². The number of aliphatic imine (C=N–C) groups is 1. The first-order valence-corrected chi connectivity index (χ1v) is 20.7. The van der Waals surface area contributed by atoms with E-state index >= 15 is 0 Å². The van der Waals surface area contributed by atoms with E-state index in [0.29, 0.717) is 86.6 Å². The molecule has 0 saturated carbocycles. The van der Waals surface area contributed by atoms with E-state index in [-0.39, 0.29) is 49.9 Å². The van der Waals surface area contributed by atoms with Gasteiger partial charge in [-0.3, -0.25) is 34.3 Å². The number of aliphatic carboxylic acids is 1. The van der Waals surface area contributed by atoms with Crippen LogP contribution in [0.15, 0.2) is 41.4 Å². The van der Waals surface area contributed by atoms with Crippen LogP contribution < -0.4 is 38.5 Å². The third-order valence-electron chi connectivity index (χ3n) is 10.6. The van der Waals surface area contributed by atoms with Gasteiger partial charge in [-0.05, 0) is 89.8 Å². The van der Waals surface area contributed by atoms with Crippen LogP contribution in [0.25, 0.3) is 21.8 Å². The molecule has 20 heteroatoms. The van der Waals surface area contributed by atoms with Crippen molar-refractivity contribution in [3.8, 4) is 0 Å². The lowest BCUT2D eigenvalue weighted by molar-refractivity contribution is -0.383. The Morgan fingerprint density at radius 2 is 1.72 bits per heavy atom. The molecule has 1 saturated heterocycles. The molecule has 332 valence electrons. The number of nitrogens with zero attached hydrogens (tertiary/aromatic N) is 4. The minimum Gasteiger partial charge on any atom is -0.480 e. The van der Waals surface area contributed by atoms with Crippen molar-refractivity contribution in [1.82, 2.24) is 25.8 Å². The molecule has 2 aromatic carbocycles. The van der Waals surface area contributed by atoms with E-state index in [1.807, 2.05) is 31.2 Å². The molecule has 4 amide bonds. The van der Waals surface area contributed by atoms with Crippen LogP contribution in [0.1, 0.15) is 83.1 Å². The first kappa shape index (κ1) is 47.5. The van der Waals surface area contributed by atoms with Gasteiger partial charge in [-0.15, -0.1) is 0 Å². The standard InChI is InChI=1S/C41H59N11O9/c1-24-18-19-30(52(60)61)33-34(24)48-27-13-6-5-12-26(27)36(33)45-21-9-3-4-17-32(54)47-29(15-10-22-46-41(43)44)39(57)51-23-11-16-31(51)38(56)49-28(14-7-8-20-42)37(55)50-35(25(2)53)40(58)59/h5-6,12-13,18-19,25,28-29,31,35,53H,3-4,7-11,14-17,20-23,42H2,1-2H3,(H,45,48)(H,47,54)(H,49,56)(H,50,55)(H,58,59)(H4,43,44,46)/t25-,28+,29+,31+,35+/m1/s1. The number of unbranched alkanes of at least 4 members (excludes halogenated alkanes) is 3. The molecule has 3 aromatic rings. The number of carbonyl (C=O) groups is 5. The predicted molar refractivity (Wildman–Crippen MR) is 230 cm³/mol. The van der Waals surface area contributed by atoms with Crippen LogP contribution in [0, 0.1) is 17.0 Å². The van der Waals surface area contributed by atoms with Crippen LogP contribution in [-0.4, -0.2) is 117 Å². The van der Waals surface area contributed by atoms with Gasteiger partial charge in [0.2, 0.25) is 23.6 Å². The van der Waals surface area contributed by atoms with Gasteiger partial charge in [0.1, 0.15) is 23.5 Å². The number of aromatic nitrogens is 1. The second kappa shape index (κ2) is 23.0. The van der Waals surface area contributed by atoms with Crippen molar-refractivity contribution in [2.75, 3.05) is 31.5 Å². The van der Waals surface area contributed by atoms with Crippen molar-refractivity contribution in [3.05, 3.63) is 52.1 Å². The number of fused-ring (bicyclic) bond motifs is 2. The van der Waals surface area contributed by atoms with Gasteiger partial charge in [-0.2, -0.15) is 0 Å². The number of nitro benzene ring substituents is 1. The third-order valence-corrected chi connectivity index (χ3v) is 10.6. The lowest BCUT2D eigenvalue weighted by Crippen LogP contribution is -2.58. The summed E-state index contributed by atoms with van der Waals surface area (Å²) >= 11 is 0. The van der Waals surface area contributed by atoms with E-state index in [0.717, 1.165) is 10.9 Å². The smallest absolute Gasteiger partial charge is 0.328 e. The second-order valence-electron chi connectivity index (χ2n) is 15.3. The zero-order chi connectivity index (χ0) is 44.6. The number of carboxylic acids is 1. The highest BCUT2D eigenvalue weighted by Gasteiger charge is 2.39. The summed E-state index contributed by atoms with van der Waals surface area (Å²) < 4.78 is 0. The van der Waals surface area contributed by atoms with E-state index in [1.54, 1.807) is 6.07 Å². The average Bonchev–Trinajstić information content (AvgIpc) is 3.71. The Balaban J connectivity index is 1.39. The minimum absolute atomic E-state index is 0.0455. The summed E-state index contributed by atoms with van der Waals surface area (Å²) in [7, 11) is 0. The van der Waals surface area contributed by atoms with E-state index in [2.05, 4.69) is 26.3 Å². The van der Waals surface area contributed by atoms with Gasteiger partial charge in [0.15, 0.2) is 12.0 Å². The minimum atomic E-state index is -1.60. The summed E-state index contributed by atoms with van der Waals surface area (Å²) in [4.78, 5) is 87.6. The Morgan fingerprint density at radius 3 is 2.41 bits per heavy atom. The largest absolute Gasteiger partial charge is 0.480 e. The number of anilines is 1. The summed E-state index contributed by atoms with van der Waals surface area (Å²) in [6.45, 7) is 4.31. The summed E-state index contributed by atoms with van der Waals surface area (Å²) in [5, 5.41) is 43.8. The number of nitrogens with one attached hydrogen (secondary N) is 4. The number of guanidine groups is 1. The highest BCUT2D eigenvalue weighted by atomic mass is 16.6. The number of likely N-dealkylation sites (tertiary alicyclic amines) is 1. The molecule has 20 nitrogen and oxygen atoms in total. The molecule has 12 N–H and O–H groups in total.